The highest BCUT2D eigenvalue weighted by Gasteiger charge is 2.44. The van der Waals surface area contributed by atoms with Crippen LogP contribution < -0.4 is 15.4 Å². The van der Waals surface area contributed by atoms with Crippen LogP contribution in [0.3, 0.4) is 0 Å². The first-order valence-electron chi connectivity index (χ1n) is 12.1. The maximum Gasteiger partial charge on any atom is 0.324 e. The quantitative estimate of drug-likeness (QED) is 0.585. The third-order valence-electron chi connectivity index (χ3n) is 7.35. The number of carbonyl (C=O) groups excluding carboxylic acids is 3. The Morgan fingerprint density at radius 2 is 1.85 bits per heavy atom. The SMILES string of the molecule is COc1ccc(C2(CN3C(=O)N[C@@H](CCC(=O)NC4CCCCC4)C3=O)CCOCC2)cc1. The van der Waals surface area contributed by atoms with E-state index in [1.807, 2.05) is 24.3 Å². The molecule has 0 spiro atoms. The van der Waals surface area contributed by atoms with Crippen LogP contribution >= 0.6 is 0 Å². The molecule has 3 fully saturated rings. The number of hydrogen-bond acceptors (Lipinski definition) is 5. The lowest BCUT2D eigenvalue weighted by molar-refractivity contribution is -0.129. The third kappa shape index (κ3) is 5.49. The summed E-state index contributed by atoms with van der Waals surface area (Å²) in [5.41, 5.74) is 0.715. The van der Waals surface area contributed by atoms with E-state index in [0.717, 1.165) is 49.8 Å². The van der Waals surface area contributed by atoms with E-state index in [4.69, 9.17) is 9.47 Å². The molecule has 2 saturated heterocycles. The molecule has 3 aliphatic rings. The lowest BCUT2D eigenvalue weighted by Crippen LogP contribution is -2.47. The number of methoxy groups -OCH3 is 1. The van der Waals surface area contributed by atoms with Crippen molar-refractivity contribution in [2.75, 3.05) is 26.9 Å². The van der Waals surface area contributed by atoms with Gasteiger partial charge in [0.25, 0.3) is 5.91 Å². The lowest BCUT2D eigenvalue weighted by atomic mass is 9.73. The molecule has 2 heterocycles. The zero-order valence-electron chi connectivity index (χ0n) is 19.4. The first-order chi connectivity index (χ1) is 16.0. The van der Waals surface area contributed by atoms with Crippen molar-refractivity contribution >= 4 is 17.8 Å². The molecule has 2 aliphatic heterocycles. The summed E-state index contributed by atoms with van der Waals surface area (Å²) in [6.07, 6.45) is 7.59. The topological polar surface area (TPSA) is 97.0 Å². The average molecular weight is 458 g/mol. The van der Waals surface area contributed by atoms with Crippen LogP contribution in [0.1, 0.15) is 63.4 Å². The maximum atomic E-state index is 13.1. The van der Waals surface area contributed by atoms with Crippen molar-refractivity contribution < 1.29 is 23.9 Å². The van der Waals surface area contributed by atoms with E-state index < -0.39 is 6.04 Å². The van der Waals surface area contributed by atoms with E-state index in [1.165, 1.54) is 11.3 Å². The second-order valence-corrected chi connectivity index (χ2v) is 9.49. The van der Waals surface area contributed by atoms with Gasteiger partial charge in [0.05, 0.1) is 7.11 Å². The summed E-state index contributed by atoms with van der Waals surface area (Å²) in [5.74, 6) is 0.480. The monoisotopic (exact) mass is 457 g/mol. The minimum atomic E-state index is -0.651. The minimum Gasteiger partial charge on any atom is -0.497 e. The van der Waals surface area contributed by atoms with Crippen molar-refractivity contribution in [2.24, 2.45) is 0 Å². The Kier molecular flexibility index (Phi) is 7.53. The zero-order valence-corrected chi connectivity index (χ0v) is 19.4. The molecule has 33 heavy (non-hydrogen) atoms. The van der Waals surface area contributed by atoms with Gasteiger partial charge in [-0.1, -0.05) is 31.4 Å². The van der Waals surface area contributed by atoms with Gasteiger partial charge in [0.2, 0.25) is 5.91 Å². The number of nitrogens with zero attached hydrogens (tertiary/aromatic N) is 1. The largest absolute Gasteiger partial charge is 0.497 e. The summed E-state index contributed by atoms with van der Waals surface area (Å²) < 4.78 is 10.9. The van der Waals surface area contributed by atoms with Gasteiger partial charge in [-0.2, -0.15) is 0 Å². The first-order valence-corrected chi connectivity index (χ1v) is 12.1. The highest BCUT2D eigenvalue weighted by Crippen LogP contribution is 2.37. The Hall–Kier alpha value is -2.61. The molecule has 1 aromatic carbocycles. The van der Waals surface area contributed by atoms with E-state index >= 15 is 0 Å². The number of carbonyl (C=O) groups is 3. The molecule has 1 aliphatic carbocycles. The van der Waals surface area contributed by atoms with Gasteiger partial charge in [-0.25, -0.2) is 4.79 Å². The standard InChI is InChI=1S/C25H35N3O5/c1-32-20-9-7-18(8-10-20)25(13-15-33-16-14-25)17-28-23(30)21(27-24(28)31)11-12-22(29)26-19-5-3-2-4-6-19/h7-10,19,21H,2-6,11-17H2,1H3,(H,26,29)(H,27,31)/t21-/m0/s1. The molecule has 0 bridgehead atoms. The molecule has 0 unspecified atom stereocenters. The van der Waals surface area contributed by atoms with Crippen LogP contribution in [0.4, 0.5) is 4.79 Å². The van der Waals surface area contributed by atoms with E-state index in [1.54, 1.807) is 7.11 Å². The molecule has 2 N–H and O–H groups in total. The number of urea groups is 1. The molecule has 1 saturated carbocycles. The summed E-state index contributed by atoms with van der Waals surface area (Å²) in [4.78, 5) is 39.6. The van der Waals surface area contributed by atoms with Crippen molar-refractivity contribution in [3.63, 3.8) is 0 Å². The van der Waals surface area contributed by atoms with Gasteiger partial charge in [0.1, 0.15) is 11.8 Å². The summed E-state index contributed by atoms with van der Waals surface area (Å²) in [5, 5.41) is 5.88. The third-order valence-corrected chi connectivity index (χ3v) is 7.35. The molecule has 180 valence electrons. The molecule has 0 aromatic heterocycles. The fraction of sp³-hybridized carbons (Fsp3) is 0.640. The van der Waals surface area contributed by atoms with Gasteiger partial charge in [-0.3, -0.25) is 14.5 Å². The number of imide groups is 1. The van der Waals surface area contributed by atoms with Gasteiger partial charge in [-0.05, 0) is 49.8 Å². The smallest absolute Gasteiger partial charge is 0.324 e. The highest BCUT2D eigenvalue weighted by atomic mass is 16.5. The zero-order chi connectivity index (χ0) is 23.3. The van der Waals surface area contributed by atoms with Gasteiger partial charge < -0.3 is 20.1 Å². The van der Waals surface area contributed by atoms with Gasteiger partial charge in [0.15, 0.2) is 0 Å². The maximum absolute atomic E-state index is 13.1. The van der Waals surface area contributed by atoms with Gasteiger partial charge in [-0.15, -0.1) is 0 Å². The van der Waals surface area contributed by atoms with Crippen LogP contribution in [0.5, 0.6) is 5.75 Å². The van der Waals surface area contributed by atoms with Crippen LogP contribution in [-0.4, -0.2) is 61.7 Å². The Bertz CT molecular complexity index is 844. The van der Waals surface area contributed by atoms with Crippen LogP contribution in [0, 0.1) is 0 Å². The van der Waals surface area contributed by atoms with Crippen molar-refractivity contribution in [3.8, 4) is 5.75 Å². The van der Waals surface area contributed by atoms with Crippen molar-refractivity contribution in [1.29, 1.82) is 0 Å². The molecule has 8 nitrogen and oxygen atoms in total. The van der Waals surface area contributed by atoms with E-state index in [0.29, 0.717) is 26.2 Å². The predicted molar refractivity (Wildman–Crippen MR) is 123 cm³/mol. The molecular weight excluding hydrogens is 422 g/mol. The number of nitrogens with one attached hydrogen (secondary N) is 2. The van der Waals surface area contributed by atoms with Gasteiger partial charge >= 0.3 is 6.03 Å². The molecule has 4 amide bonds. The van der Waals surface area contributed by atoms with Crippen LogP contribution in [0.2, 0.25) is 0 Å². The molecule has 0 radical (unpaired) electrons. The van der Waals surface area contributed by atoms with E-state index in [2.05, 4.69) is 10.6 Å². The molecule has 8 heteroatoms. The van der Waals surface area contributed by atoms with Crippen molar-refractivity contribution in [2.45, 2.75) is 75.3 Å². The Morgan fingerprint density at radius 3 is 2.52 bits per heavy atom. The highest BCUT2D eigenvalue weighted by molar-refractivity contribution is 6.04. The van der Waals surface area contributed by atoms with E-state index in [9.17, 15) is 14.4 Å². The number of hydrogen-bond donors (Lipinski definition) is 2. The molecule has 4 rings (SSSR count). The summed E-state index contributed by atoms with van der Waals surface area (Å²) >= 11 is 0. The van der Waals surface area contributed by atoms with Gasteiger partial charge in [0, 0.05) is 37.6 Å². The van der Waals surface area contributed by atoms with Crippen LogP contribution in [-0.2, 0) is 19.7 Å². The Labute approximate surface area is 195 Å². The number of amides is 4. The van der Waals surface area contributed by atoms with Crippen LogP contribution in [0.25, 0.3) is 0 Å². The average Bonchev–Trinajstić information content (AvgIpc) is 3.11. The molecular formula is C25H35N3O5. The summed E-state index contributed by atoms with van der Waals surface area (Å²) in [6, 6.07) is 7.05. The van der Waals surface area contributed by atoms with E-state index in [-0.39, 0.29) is 35.7 Å². The number of benzene rings is 1. The summed E-state index contributed by atoms with van der Waals surface area (Å²) in [7, 11) is 1.63. The fourth-order valence-electron chi connectivity index (χ4n) is 5.29. The van der Waals surface area contributed by atoms with Crippen molar-refractivity contribution in [1.82, 2.24) is 15.5 Å². The fourth-order valence-corrected chi connectivity index (χ4v) is 5.29. The van der Waals surface area contributed by atoms with Crippen LogP contribution in [0.15, 0.2) is 24.3 Å². The normalized spacial score (nSPS) is 23.3. The first kappa shape index (κ1) is 23.5. The predicted octanol–water partition coefficient (Wildman–Crippen LogP) is 2.89. The summed E-state index contributed by atoms with van der Waals surface area (Å²) in [6.45, 7) is 1.47. The lowest BCUT2D eigenvalue weighted by Gasteiger charge is -2.39. The second kappa shape index (κ2) is 10.5. The van der Waals surface area contributed by atoms with Crippen molar-refractivity contribution in [3.05, 3.63) is 29.8 Å². The number of ether oxygens (including phenoxy) is 2. The Balaban J connectivity index is 1.38. The number of rotatable bonds is 8. The molecule has 1 atom stereocenters. The Morgan fingerprint density at radius 1 is 1.15 bits per heavy atom. The molecule has 1 aromatic rings. The second-order valence-electron chi connectivity index (χ2n) is 9.49. The minimum absolute atomic E-state index is 0.0402.